The summed E-state index contributed by atoms with van der Waals surface area (Å²) in [6.45, 7) is 1.04. The first-order valence-corrected chi connectivity index (χ1v) is 6.81. The van der Waals surface area contributed by atoms with E-state index in [9.17, 15) is 4.79 Å². The summed E-state index contributed by atoms with van der Waals surface area (Å²) < 4.78 is 5.49. The minimum absolute atomic E-state index is 0.480. The van der Waals surface area contributed by atoms with Gasteiger partial charge in [0.25, 0.3) is 0 Å². The molecule has 0 atom stereocenters. The van der Waals surface area contributed by atoms with E-state index in [-0.39, 0.29) is 0 Å². The number of nitrogens with zero attached hydrogens (tertiary/aromatic N) is 3. The van der Waals surface area contributed by atoms with Crippen molar-refractivity contribution in [3.8, 4) is 17.0 Å². The van der Waals surface area contributed by atoms with E-state index in [1.807, 2.05) is 32.3 Å². The highest BCUT2D eigenvalue weighted by atomic mass is 16.5. The molecule has 2 heterocycles. The van der Waals surface area contributed by atoms with Gasteiger partial charge in [-0.2, -0.15) is 0 Å². The number of rotatable bonds is 3. The number of amides is 1. The summed E-state index contributed by atoms with van der Waals surface area (Å²) in [4.78, 5) is 19.2. The van der Waals surface area contributed by atoms with Crippen molar-refractivity contribution in [2.24, 2.45) is 0 Å². The van der Waals surface area contributed by atoms with Gasteiger partial charge in [-0.1, -0.05) is 12.1 Å². The number of carbonyl (C=O) groups is 1. The second-order valence-electron chi connectivity index (χ2n) is 5.14. The quantitative estimate of drug-likeness (QED) is 0.810. The van der Waals surface area contributed by atoms with Crippen LogP contribution in [0.1, 0.15) is 0 Å². The molecule has 0 radical (unpaired) electrons. The second kappa shape index (κ2) is 5.44. The Balaban J connectivity index is 2.04. The van der Waals surface area contributed by atoms with Crippen molar-refractivity contribution >= 4 is 17.8 Å². The van der Waals surface area contributed by atoms with Gasteiger partial charge in [0.1, 0.15) is 12.3 Å². The van der Waals surface area contributed by atoms with Crippen LogP contribution in [0.15, 0.2) is 36.5 Å². The zero-order valence-electron chi connectivity index (χ0n) is 12.1. The lowest BCUT2D eigenvalue weighted by molar-refractivity contribution is -0.107. The van der Waals surface area contributed by atoms with Crippen molar-refractivity contribution < 1.29 is 9.53 Å². The third-order valence-electron chi connectivity index (χ3n) is 3.54. The topological polar surface area (TPSA) is 45.7 Å². The molecule has 0 bridgehead atoms. The normalized spacial score (nSPS) is 13.3. The van der Waals surface area contributed by atoms with Gasteiger partial charge in [-0.25, -0.2) is 4.98 Å². The van der Waals surface area contributed by atoms with Crippen LogP contribution in [0.2, 0.25) is 0 Å². The Labute approximate surface area is 123 Å². The largest absolute Gasteiger partial charge is 0.474 e. The van der Waals surface area contributed by atoms with Crippen LogP contribution in [0.5, 0.6) is 5.88 Å². The number of anilines is 2. The highest BCUT2D eigenvalue weighted by Gasteiger charge is 2.19. The molecule has 1 aromatic carbocycles. The zero-order valence-corrected chi connectivity index (χ0v) is 12.1. The summed E-state index contributed by atoms with van der Waals surface area (Å²) in [5, 5.41) is 0. The first kappa shape index (κ1) is 13.4. The van der Waals surface area contributed by atoms with Crippen LogP contribution in [-0.2, 0) is 4.79 Å². The highest BCUT2D eigenvalue weighted by molar-refractivity contribution is 5.82. The fraction of sp³-hybridized carbons (Fsp3) is 0.250. The molecule has 5 heteroatoms. The summed E-state index contributed by atoms with van der Waals surface area (Å²) in [6, 6.07) is 10.1. The molecular weight excluding hydrogens is 266 g/mol. The summed E-state index contributed by atoms with van der Waals surface area (Å²) in [6.07, 6.45) is 2.60. The summed E-state index contributed by atoms with van der Waals surface area (Å²) in [5.41, 5.74) is 3.88. The molecule has 5 nitrogen and oxygen atoms in total. The second-order valence-corrected chi connectivity index (χ2v) is 5.14. The third-order valence-corrected chi connectivity index (χ3v) is 3.54. The number of pyridine rings is 1. The van der Waals surface area contributed by atoms with Gasteiger partial charge in [-0.15, -0.1) is 0 Å². The molecule has 0 saturated heterocycles. The first-order valence-electron chi connectivity index (χ1n) is 6.81. The smallest absolute Gasteiger partial charge is 0.238 e. The fourth-order valence-electron chi connectivity index (χ4n) is 2.35. The Bertz CT molecular complexity index is 670. The monoisotopic (exact) mass is 283 g/mol. The average Bonchev–Trinajstić information content (AvgIpc) is 2.53. The van der Waals surface area contributed by atoms with Crippen molar-refractivity contribution in [3.63, 3.8) is 0 Å². The maximum absolute atomic E-state index is 11.1. The number of hydrogen-bond acceptors (Lipinski definition) is 4. The molecule has 0 unspecified atom stereocenters. The predicted molar refractivity (Wildman–Crippen MR) is 82.9 cm³/mol. The Morgan fingerprint density at radius 1 is 1.29 bits per heavy atom. The maximum Gasteiger partial charge on any atom is 0.238 e. The minimum atomic E-state index is 0.480. The van der Waals surface area contributed by atoms with Crippen molar-refractivity contribution in [1.82, 2.24) is 4.98 Å². The van der Waals surface area contributed by atoms with Gasteiger partial charge >= 0.3 is 0 Å². The molecule has 108 valence electrons. The number of benzene rings is 1. The molecule has 0 spiro atoms. The molecule has 0 fully saturated rings. The molecule has 1 aliphatic rings. The zero-order chi connectivity index (χ0) is 14.8. The lowest BCUT2D eigenvalue weighted by Gasteiger charge is -2.25. The summed E-state index contributed by atoms with van der Waals surface area (Å²) >= 11 is 0. The Morgan fingerprint density at radius 3 is 2.90 bits per heavy atom. The van der Waals surface area contributed by atoms with Crippen LogP contribution >= 0.6 is 0 Å². The number of fused-ring (bicyclic) bond motifs is 1. The highest BCUT2D eigenvalue weighted by Crippen LogP contribution is 2.33. The lowest BCUT2D eigenvalue weighted by Crippen LogP contribution is -2.31. The van der Waals surface area contributed by atoms with Crippen LogP contribution < -0.4 is 14.5 Å². The Hall–Kier alpha value is -2.56. The Morgan fingerprint density at radius 2 is 2.14 bits per heavy atom. The van der Waals surface area contributed by atoms with Gasteiger partial charge < -0.3 is 14.5 Å². The molecule has 3 rings (SSSR count). The molecular formula is C16H17N3O2. The molecule has 2 aromatic rings. The fourth-order valence-corrected chi connectivity index (χ4v) is 2.35. The molecule has 0 aliphatic carbocycles. The van der Waals surface area contributed by atoms with E-state index in [1.165, 1.54) is 0 Å². The van der Waals surface area contributed by atoms with Crippen LogP contribution in [0, 0.1) is 0 Å². The number of carbonyl (C=O) groups excluding carboxylic acids is 1. The molecule has 1 aliphatic heterocycles. The van der Waals surface area contributed by atoms with E-state index in [0.29, 0.717) is 19.0 Å². The SMILES string of the molecule is CN(C)c1cccc(-c2cnc3c(c2)N(C=O)CCO3)c1. The number of aromatic nitrogens is 1. The van der Waals surface area contributed by atoms with E-state index in [2.05, 4.69) is 22.0 Å². The van der Waals surface area contributed by atoms with Crippen LogP contribution in [0.4, 0.5) is 11.4 Å². The lowest BCUT2D eigenvalue weighted by atomic mass is 10.1. The summed E-state index contributed by atoms with van der Waals surface area (Å²) in [7, 11) is 4.01. The van der Waals surface area contributed by atoms with E-state index in [0.717, 1.165) is 28.9 Å². The molecule has 21 heavy (non-hydrogen) atoms. The number of ether oxygens (including phenoxy) is 1. The maximum atomic E-state index is 11.1. The molecule has 1 amide bonds. The average molecular weight is 283 g/mol. The van der Waals surface area contributed by atoms with E-state index < -0.39 is 0 Å². The van der Waals surface area contributed by atoms with E-state index in [4.69, 9.17) is 4.74 Å². The minimum Gasteiger partial charge on any atom is -0.474 e. The van der Waals surface area contributed by atoms with Gasteiger partial charge in [0.2, 0.25) is 12.3 Å². The molecule has 1 aromatic heterocycles. The van der Waals surface area contributed by atoms with Gasteiger partial charge in [0.15, 0.2) is 0 Å². The van der Waals surface area contributed by atoms with Gasteiger partial charge in [-0.3, -0.25) is 4.79 Å². The van der Waals surface area contributed by atoms with Crippen molar-refractivity contribution in [1.29, 1.82) is 0 Å². The molecule has 0 N–H and O–H groups in total. The summed E-state index contributed by atoms with van der Waals surface area (Å²) in [5.74, 6) is 0.515. The Kier molecular flexibility index (Phi) is 3.48. The van der Waals surface area contributed by atoms with Gasteiger partial charge in [0, 0.05) is 31.5 Å². The van der Waals surface area contributed by atoms with Crippen LogP contribution in [0.25, 0.3) is 11.1 Å². The van der Waals surface area contributed by atoms with Crippen LogP contribution in [0.3, 0.4) is 0 Å². The predicted octanol–water partition coefficient (Wildman–Crippen LogP) is 2.17. The van der Waals surface area contributed by atoms with Gasteiger partial charge in [0.05, 0.1) is 6.54 Å². The van der Waals surface area contributed by atoms with Gasteiger partial charge in [-0.05, 0) is 23.8 Å². The van der Waals surface area contributed by atoms with E-state index >= 15 is 0 Å². The third kappa shape index (κ3) is 2.54. The molecule has 0 saturated carbocycles. The van der Waals surface area contributed by atoms with Crippen molar-refractivity contribution in [2.75, 3.05) is 37.0 Å². The van der Waals surface area contributed by atoms with E-state index in [1.54, 1.807) is 11.1 Å². The standard InChI is InChI=1S/C16H17N3O2/c1-18(2)14-5-3-4-12(8-14)13-9-15-16(17-10-13)21-7-6-19(15)11-20/h3-5,8-11H,6-7H2,1-2H3. The van der Waals surface area contributed by atoms with Crippen molar-refractivity contribution in [3.05, 3.63) is 36.5 Å². The van der Waals surface area contributed by atoms with Crippen LogP contribution in [-0.4, -0.2) is 38.6 Å². The number of hydrogen-bond donors (Lipinski definition) is 0. The first-order chi connectivity index (χ1) is 10.2. The van der Waals surface area contributed by atoms with Crippen molar-refractivity contribution in [2.45, 2.75) is 0 Å².